The van der Waals surface area contributed by atoms with Crippen molar-refractivity contribution >= 4 is 26.0 Å². The minimum Gasteiger partial charge on any atom is -0.370 e. The Morgan fingerprint density at radius 1 is 1.48 bits per heavy atom. The largest absolute Gasteiger partial charge is 0.370 e. The summed E-state index contributed by atoms with van der Waals surface area (Å²) < 4.78 is 33.5. The molecule has 0 aliphatic carbocycles. The normalized spacial score (nSPS) is 23.2. The highest BCUT2D eigenvalue weighted by molar-refractivity contribution is 9.10. The average molecular weight is 377 g/mol. The third kappa shape index (κ3) is 3.65. The zero-order valence-electron chi connectivity index (χ0n) is 12.5. The number of nitrogens with two attached hydrogens (primary N) is 1. The Morgan fingerprint density at radius 2 is 2.14 bits per heavy atom. The molecule has 0 saturated carbocycles. The van der Waals surface area contributed by atoms with E-state index < -0.39 is 15.6 Å². The molecule has 1 aliphatic heterocycles. The molecule has 1 aliphatic rings. The van der Waals surface area contributed by atoms with Crippen molar-refractivity contribution in [1.82, 2.24) is 4.31 Å². The van der Waals surface area contributed by atoms with E-state index in [2.05, 4.69) is 15.9 Å². The van der Waals surface area contributed by atoms with Crippen LogP contribution in [0, 0.1) is 0 Å². The van der Waals surface area contributed by atoms with Crippen molar-refractivity contribution in [2.75, 3.05) is 13.1 Å². The van der Waals surface area contributed by atoms with Crippen LogP contribution in [-0.4, -0.2) is 37.5 Å². The van der Waals surface area contributed by atoms with Gasteiger partial charge in [-0.25, -0.2) is 8.42 Å². The van der Waals surface area contributed by atoms with Crippen molar-refractivity contribution in [2.24, 2.45) is 5.73 Å². The molecule has 1 fully saturated rings. The smallest absolute Gasteiger partial charge is 0.244 e. The number of rotatable bonds is 3. The SMILES string of the molecule is CC1CN(S(=O)(=O)c2ccc(CN)cc2Br)CC(C)(C)O1. The lowest BCUT2D eigenvalue weighted by atomic mass is 10.1. The molecule has 5 nitrogen and oxygen atoms in total. The molecule has 1 atom stereocenters. The highest BCUT2D eigenvalue weighted by atomic mass is 79.9. The monoisotopic (exact) mass is 376 g/mol. The van der Waals surface area contributed by atoms with E-state index >= 15 is 0 Å². The third-order valence-electron chi connectivity index (χ3n) is 3.39. The Balaban J connectivity index is 2.38. The maximum Gasteiger partial charge on any atom is 0.244 e. The Labute approximate surface area is 134 Å². The van der Waals surface area contributed by atoms with Crippen molar-refractivity contribution in [3.05, 3.63) is 28.2 Å². The summed E-state index contributed by atoms with van der Waals surface area (Å²) in [6, 6.07) is 5.10. The molecule has 1 aromatic carbocycles. The fourth-order valence-corrected chi connectivity index (χ4v) is 5.35. The van der Waals surface area contributed by atoms with Crippen LogP contribution in [0.4, 0.5) is 0 Å². The number of nitrogens with zero attached hydrogens (tertiary/aromatic N) is 1. The number of sulfonamides is 1. The summed E-state index contributed by atoms with van der Waals surface area (Å²) in [5, 5.41) is 0. The van der Waals surface area contributed by atoms with Gasteiger partial charge in [-0.05, 0) is 54.4 Å². The Morgan fingerprint density at radius 3 is 2.67 bits per heavy atom. The van der Waals surface area contributed by atoms with E-state index in [9.17, 15) is 8.42 Å². The standard InChI is InChI=1S/C14H21BrN2O3S/c1-10-8-17(9-14(2,3)20-10)21(18,19)13-5-4-11(7-16)6-12(13)15/h4-6,10H,7-9,16H2,1-3H3. The summed E-state index contributed by atoms with van der Waals surface area (Å²) in [4.78, 5) is 0.268. The zero-order valence-corrected chi connectivity index (χ0v) is 14.9. The van der Waals surface area contributed by atoms with Gasteiger partial charge in [0.2, 0.25) is 10.0 Å². The number of hydrogen-bond acceptors (Lipinski definition) is 4. The molecule has 2 N–H and O–H groups in total. The maximum atomic E-state index is 12.9. The molecule has 0 aromatic heterocycles. The fourth-order valence-electron chi connectivity index (χ4n) is 2.60. The molecule has 0 bridgehead atoms. The van der Waals surface area contributed by atoms with E-state index in [4.69, 9.17) is 10.5 Å². The van der Waals surface area contributed by atoms with Crippen LogP contribution in [0.5, 0.6) is 0 Å². The van der Waals surface area contributed by atoms with Crippen LogP contribution < -0.4 is 5.73 Å². The number of morpholine rings is 1. The lowest BCUT2D eigenvalue weighted by Crippen LogP contribution is -2.53. The first-order valence-electron chi connectivity index (χ1n) is 6.82. The van der Waals surface area contributed by atoms with Crippen molar-refractivity contribution in [3.8, 4) is 0 Å². The second-order valence-electron chi connectivity index (χ2n) is 5.95. The van der Waals surface area contributed by atoms with Crippen molar-refractivity contribution < 1.29 is 13.2 Å². The van der Waals surface area contributed by atoms with Gasteiger partial charge in [0.15, 0.2) is 0 Å². The van der Waals surface area contributed by atoms with Crippen LogP contribution >= 0.6 is 15.9 Å². The van der Waals surface area contributed by atoms with Crippen LogP contribution in [0.3, 0.4) is 0 Å². The lowest BCUT2D eigenvalue weighted by Gasteiger charge is -2.41. The third-order valence-corrected chi connectivity index (χ3v) is 6.18. The van der Waals surface area contributed by atoms with Gasteiger partial charge < -0.3 is 10.5 Å². The number of benzene rings is 1. The molecule has 21 heavy (non-hydrogen) atoms. The summed E-state index contributed by atoms with van der Waals surface area (Å²) in [6.07, 6.45) is -0.134. The second kappa shape index (κ2) is 5.96. The average Bonchev–Trinajstić information content (AvgIpc) is 2.35. The van der Waals surface area contributed by atoms with Gasteiger partial charge in [-0.3, -0.25) is 0 Å². The molecule has 1 aromatic rings. The summed E-state index contributed by atoms with van der Waals surface area (Å²) in [5.74, 6) is 0. The fraction of sp³-hybridized carbons (Fsp3) is 0.571. The van der Waals surface area contributed by atoms with Gasteiger partial charge >= 0.3 is 0 Å². The van der Waals surface area contributed by atoms with Crippen LogP contribution in [0.25, 0.3) is 0 Å². The van der Waals surface area contributed by atoms with Crippen LogP contribution in [0.15, 0.2) is 27.6 Å². The molecule has 7 heteroatoms. The Kier molecular flexibility index (Phi) is 4.80. The number of halogens is 1. The summed E-state index contributed by atoms with van der Waals surface area (Å²) in [6.45, 7) is 6.76. The highest BCUT2D eigenvalue weighted by Gasteiger charge is 2.38. The van der Waals surface area contributed by atoms with E-state index in [-0.39, 0.29) is 11.0 Å². The van der Waals surface area contributed by atoms with Gasteiger partial charge in [-0.1, -0.05) is 6.07 Å². The first-order chi connectivity index (χ1) is 9.65. The van der Waals surface area contributed by atoms with Crippen LogP contribution in [-0.2, 0) is 21.3 Å². The van der Waals surface area contributed by atoms with E-state index in [1.807, 2.05) is 20.8 Å². The molecule has 1 heterocycles. The maximum absolute atomic E-state index is 12.9. The van der Waals surface area contributed by atoms with Gasteiger partial charge in [-0.15, -0.1) is 0 Å². The minimum absolute atomic E-state index is 0.134. The molecule has 0 radical (unpaired) electrons. The predicted molar refractivity (Wildman–Crippen MR) is 85.4 cm³/mol. The van der Waals surface area contributed by atoms with E-state index in [1.165, 1.54) is 4.31 Å². The second-order valence-corrected chi connectivity index (χ2v) is 8.72. The van der Waals surface area contributed by atoms with Gasteiger partial charge in [0.1, 0.15) is 0 Å². The first-order valence-corrected chi connectivity index (χ1v) is 9.05. The zero-order chi connectivity index (χ0) is 15.8. The van der Waals surface area contributed by atoms with E-state index in [1.54, 1.807) is 18.2 Å². The summed E-state index contributed by atoms with van der Waals surface area (Å²) in [5.41, 5.74) is 5.97. The minimum atomic E-state index is -3.56. The molecular weight excluding hydrogens is 356 g/mol. The Bertz CT molecular complexity index is 631. The van der Waals surface area contributed by atoms with Crippen molar-refractivity contribution in [3.63, 3.8) is 0 Å². The number of ether oxygens (including phenoxy) is 1. The predicted octanol–water partition coefficient (Wildman–Crippen LogP) is 2.10. The number of hydrogen-bond donors (Lipinski definition) is 1. The first kappa shape index (κ1) is 16.9. The molecule has 118 valence electrons. The van der Waals surface area contributed by atoms with Gasteiger partial charge in [-0.2, -0.15) is 4.31 Å². The van der Waals surface area contributed by atoms with Crippen LogP contribution in [0.2, 0.25) is 0 Å². The molecule has 0 amide bonds. The summed E-state index contributed by atoms with van der Waals surface area (Å²) in [7, 11) is -3.56. The molecule has 1 saturated heterocycles. The topological polar surface area (TPSA) is 72.6 Å². The van der Waals surface area contributed by atoms with Crippen LogP contribution in [0.1, 0.15) is 26.3 Å². The molecule has 0 spiro atoms. The highest BCUT2D eigenvalue weighted by Crippen LogP contribution is 2.30. The van der Waals surface area contributed by atoms with E-state index in [0.717, 1.165) is 5.56 Å². The quantitative estimate of drug-likeness (QED) is 0.876. The Hall–Kier alpha value is -0.470. The summed E-state index contributed by atoms with van der Waals surface area (Å²) >= 11 is 3.34. The lowest BCUT2D eigenvalue weighted by molar-refractivity contribution is -0.109. The van der Waals surface area contributed by atoms with Crippen molar-refractivity contribution in [1.29, 1.82) is 0 Å². The van der Waals surface area contributed by atoms with Crippen molar-refractivity contribution in [2.45, 2.75) is 43.9 Å². The molecule has 1 unspecified atom stereocenters. The van der Waals surface area contributed by atoms with Gasteiger partial charge in [0.25, 0.3) is 0 Å². The van der Waals surface area contributed by atoms with Gasteiger partial charge in [0, 0.05) is 24.1 Å². The molecular formula is C14H21BrN2O3S. The molecule has 2 rings (SSSR count). The van der Waals surface area contributed by atoms with E-state index in [0.29, 0.717) is 24.1 Å². The van der Waals surface area contributed by atoms with Gasteiger partial charge in [0.05, 0.1) is 16.6 Å².